The molecule has 0 aliphatic carbocycles. The minimum atomic E-state index is -4.36. The van der Waals surface area contributed by atoms with Crippen molar-refractivity contribution in [2.75, 3.05) is 0 Å². The van der Waals surface area contributed by atoms with E-state index in [1.807, 2.05) is 10.6 Å². The molecule has 2 atom stereocenters. The van der Waals surface area contributed by atoms with Crippen molar-refractivity contribution >= 4 is 67.1 Å². The molecule has 4 aromatic carbocycles. The molecule has 0 spiro atoms. The lowest BCUT2D eigenvalue weighted by atomic mass is 9.92. The minimum absolute atomic E-state index is 0.162. The highest BCUT2D eigenvalue weighted by Gasteiger charge is 2.57. The lowest BCUT2D eigenvalue weighted by molar-refractivity contribution is -0.125. The van der Waals surface area contributed by atoms with Crippen LogP contribution in [0.5, 0.6) is 0 Å². The van der Waals surface area contributed by atoms with Crippen LogP contribution < -0.4 is 10.6 Å². The fourth-order valence-corrected chi connectivity index (χ4v) is 8.80. The van der Waals surface area contributed by atoms with Gasteiger partial charge in [0.1, 0.15) is 11.6 Å². The highest BCUT2D eigenvalue weighted by molar-refractivity contribution is 7.90. The van der Waals surface area contributed by atoms with Crippen LogP contribution in [0.4, 0.5) is 18.4 Å². The Morgan fingerprint density at radius 1 is 0.520 bits per heavy atom. The smallest absolute Gasteiger partial charge is 0.275 e. The Morgan fingerprint density at radius 2 is 0.800 bits per heavy atom. The Hall–Kier alpha value is -4.90. The number of urea groups is 2. The molecule has 0 saturated carbocycles. The van der Waals surface area contributed by atoms with Crippen LogP contribution in [0.3, 0.4) is 0 Å². The maximum Gasteiger partial charge on any atom is 0.339 e. The van der Waals surface area contributed by atoms with Gasteiger partial charge in [0.05, 0.1) is 9.79 Å². The van der Waals surface area contributed by atoms with Gasteiger partial charge in [-0.05, 0) is 97.8 Å². The van der Waals surface area contributed by atoms with Gasteiger partial charge >= 0.3 is 12.1 Å². The number of rotatable bonds is 6. The lowest BCUT2D eigenvalue weighted by Crippen LogP contribution is -2.47. The molecule has 0 unspecified atom stereocenters. The van der Waals surface area contributed by atoms with Crippen LogP contribution in [0.15, 0.2) is 107 Å². The average molecular weight is 766 g/mol. The molecule has 12 nitrogen and oxygen atoms in total. The number of benzene rings is 4. The van der Waals surface area contributed by atoms with E-state index in [0.29, 0.717) is 18.7 Å². The predicted molar refractivity (Wildman–Crippen MR) is 176 cm³/mol. The maximum atomic E-state index is 13.2. The van der Waals surface area contributed by atoms with Crippen LogP contribution in [-0.4, -0.2) is 49.3 Å². The number of imide groups is 2. The first-order valence-corrected chi connectivity index (χ1v) is 17.8. The van der Waals surface area contributed by atoms with Crippen molar-refractivity contribution in [3.8, 4) is 0 Å². The summed E-state index contributed by atoms with van der Waals surface area (Å²) in [5.74, 6) is -2.74. The van der Waals surface area contributed by atoms with Gasteiger partial charge in [-0.15, -0.1) is 0 Å². The number of carbonyl (C=O) groups is 4. The number of nitrogens with zero attached hydrogens (tertiary/aromatic N) is 2. The number of amides is 6. The summed E-state index contributed by atoms with van der Waals surface area (Å²) in [5.41, 5.74) is -3.36. The van der Waals surface area contributed by atoms with Crippen LogP contribution in [0.25, 0.3) is 0 Å². The monoisotopic (exact) mass is 764 g/mol. The Bertz CT molecular complexity index is 2080. The van der Waals surface area contributed by atoms with Crippen LogP contribution in [0, 0.1) is 11.6 Å². The van der Waals surface area contributed by atoms with Crippen molar-refractivity contribution < 1.29 is 44.8 Å². The first kappa shape index (κ1) is 36.4. The summed E-state index contributed by atoms with van der Waals surface area (Å²) in [6.45, 7) is 2.57. The van der Waals surface area contributed by atoms with Crippen LogP contribution in [0.1, 0.15) is 25.0 Å². The quantitative estimate of drug-likeness (QED) is 0.251. The fraction of sp³-hybridized carbons (Fsp3) is 0.125. The molecule has 2 saturated heterocycles. The molecular formula is C32H24Cl2F2N4O8S2. The van der Waals surface area contributed by atoms with Crippen molar-refractivity contribution in [3.05, 3.63) is 130 Å². The Kier molecular flexibility index (Phi) is 9.53. The molecule has 2 aliphatic heterocycles. The fourth-order valence-electron chi connectivity index (χ4n) is 5.30. The molecule has 6 rings (SSSR count). The number of hydrogen-bond donors (Lipinski definition) is 2. The van der Waals surface area contributed by atoms with E-state index in [0.717, 1.165) is 24.3 Å². The van der Waals surface area contributed by atoms with E-state index in [9.17, 15) is 44.8 Å². The van der Waals surface area contributed by atoms with Gasteiger partial charge in [-0.1, -0.05) is 47.5 Å². The zero-order chi connectivity index (χ0) is 36.8. The second-order valence-corrected chi connectivity index (χ2v) is 15.6. The summed E-state index contributed by atoms with van der Waals surface area (Å²) in [6, 6.07) is 17.6. The van der Waals surface area contributed by atoms with Crippen LogP contribution >= 0.6 is 23.2 Å². The molecule has 2 N–H and O–H groups in total. The van der Waals surface area contributed by atoms with Gasteiger partial charge in [-0.2, -0.15) is 8.61 Å². The first-order chi connectivity index (χ1) is 23.3. The zero-order valence-corrected chi connectivity index (χ0v) is 28.9. The summed E-state index contributed by atoms with van der Waals surface area (Å²) in [4.78, 5) is 48.8. The topological polar surface area (TPSA) is 167 Å². The van der Waals surface area contributed by atoms with Gasteiger partial charge in [0.2, 0.25) is 0 Å². The summed E-state index contributed by atoms with van der Waals surface area (Å²) in [6.07, 6.45) is 0. The average Bonchev–Trinajstić information content (AvgIpc) is 3.44. The molecule has 50 heavy (non-hydrogen) atoms. The molecule has 4 aromatic rings. The Balaban J connectivity index is 0.000000194. The summed E-state index contributed by atoms with van der Waals surface area (Å²) in [7, 11) is -8.71. The standard InChI is InChI=1S/2C16H12ClFN2O4S/c2*1-16(10-2-6-12(18)7-3-10)14(21)19-15(22)20(16)25(23,24)13-8-4-11(17)5-9-13/h2*2-9H,1H3,(H,19,21,22)/t2*16-/m11/s1. The minimum Gasteiger partial charge on any atom is -0.275 e. The molecule has 6 amide bonds. The predicted octanol–water partition coefficient (Wildman–Crippen LogP) is 5.27. The number of nitrogens with one attached hydrogen (secondary N) is 2. The number of carbonyl (C=O) groups excluding carboxylic acids is 4. The summed E-state index contributed by atoms with van der Waals surface area (Å²) < 4.78 is 79.1. The van der Waals surface area contributed by atoms with Crippen LogP contribution in [-0.2, 0) is 40.7 Å². The molecular weight excluding hydrogens is 741 g/mol. The third-order valence-corrected chi connectivity index (χ3v) is 12.3. The van der Waals surface area contributed by atoms with Crippen molar-refractivity contribution in [2.24, 2.45) is 0 Å². The highest BCUT2D eigenvalue weighted by atomic mass is 35.5. The Labute approximate surface area is 294 Å². The van der Waals surface area contributed by atoms with E-state index >= 15 is 0 Å². The van der Waals surface area contributed by atoms with Gasteiger partial charge in [0, 0.05) is 10.0 Å². The van der Waals surface area contributed by atoms with Crippen LogP contribution in [0.2, 0.25) is 10.0 Å². The number of hydrogen-bond acceptors (Lipinski definition) is 8. The molecule has 0 aromatic heterocycles. The van der Waals surface area contributed by atoms with Gasteiger partial charge in [0.25, 0.3) is 31.9 Å². The second-order valence-electron chi connectivity index (χ2n) is 11.1. The zero-order valence-electron chi connectivity index (χ0n) is 25.7. The Morgan fingerprint density at radius 3 is 1.08 bits per heavy atom. The number of sulfonamides is 2. The summed E-state index contributed by atoms with van der Waals surface area (Å²) >= 11 is 11.5. The van der Waals surface area contributed by atoms with Crippen molar-refractivity contribution in [2.45, 2.75) is 34.7 Å². The van der Waals surface area contributed by atoms with Gasteiger partial charge in [-0.3, -0.25) is 20.2 Å². The van der Waals surface area contributed by atoms with E-state index in [4.69, 9.17) is 23.2 Å². The van der Waals surface area contributed by atoms with Crippen molar-refractivity contribution in [3.63, 3.8) is 0 Å². The second kappa shape index (κ2) is 13.1. The third-order valence-electron chi connectivity index (χ3n) is 8.02. The molecule has 2 heterocycles. The van der Waals surface area contributed by atoms with Gasteiger partial charge in [-0.25, -0.2) is 35.2 Å². The normalized spacial score (nSPS) is 20.7. The first-order valence-electron chi connectivity index (χ1n) is 14.2. The molecule has 0 bridgehead atoms. The van der Waals surface area contributed by atoms with E-state index in [1.165, 1.54) is 86.6 Å². The van der Waals surface area contributed by atoms with Crippen molar-refractivity contribution in [1.82, 2.24) is 19.2 Å². The van der Waals surface area contributed by atoms with E-state index in [1.54, 1.807) is 0 Å². The van der Waals surface area contributed by atoms with E-state index in [2.05, 4.69) is 0 Å². The van der Waals surface area contributed by atoms with E-state index in [-0.39, 0.29) is 20.9 Å². The highest BCUT2D eigenvalue weighted by Crippen LogP contribution is 2.39. The number of halogens is 4. The molecule has 18 heteroatoms. The largest absolute Gasteiger partial charge is 0.339 e. The molecule has 0 radical (unpaired) electrons. The van der Waals surface area contributed by atoms with Crippen molar-refractivity contribution in [1.29, 1.82) is 0 Å². The maximum absolute atomic E-state index is 13.2. The third kappa shape index (κ3) is 6.19. The van der Waals surface area contributed by atoms with Gasteiger partial charge in [0.15, 0.2) is 11.1 Å². The molecule has 260 valence electrons. The van der Waals surface area contributed by atoms with Gasteiger partial charge < -0.3 is 0 Å². The SMILES string of the molecule is C[C@@]1(c2ccc(F)cc2)C(=O)NC(=O)N1S(=O)(=O)c1ccc(Cl)cc1.C[C@@]1(c2ccc(F)cc2)C(=O)NC(=O)N1S(=O)(=O)c1ccc(Cl)cc1. The van der Waals surface area contributed by atoms with E-state index < -0.39 is 66.6 Å². The molecule has 2 aliphatic rings. The molecule has 2 fully saturated rings. The summed E-state index contributed by atoms with van der Waals surface area (Å²) in [5, 5.41) is 4.66. The lowest BCUT2D eigenvalue weighted by Gasteiger charge is -2.31.